The first kappa shape index (κ1) is 16.4. The number of hydrogen-bond acceptors (Lipinski definition) is 5. The van der Waals surface area contributed by atoms with Crippen molar-refractivity contribution in [2.45, 2.75) is 44.7 Å². The van der Waals surface area contributed by atoms with Crippen molar-refractivity contribution in [3.63, 3.8) is 0 Å². The summed E-state index contributed by atoms with van der Waals surface area (Å²) in [7, 11) is -3.04. The first-order valence-electron chi connectivity index (χ1n) is 6.76. The number of amides is 1. The molecule has 1 saturated heterocycles. The smallest absolute Gasteiger partial charge is 0.224 e. The van der Waals surface area contributed by atoms with Crippen molar-refractivity contribution in [2.24, 2.45) is 5.73 Å². The summed E-state index contributed by atoms with van der Waals surface area (Å²) >= 11 is 0. The Bertz CT molecular complexity index is 397. The molecule has 3 N–H and O–H groups in total. The van der Waals surface area contributed by atoms with Crippen molar-refractivity contribution >= 4 is 15.7 Å². The van der Waals surface area contributed by atoms with Gasteiger partial charge in [0.05, 0.1) is 18.1 Å². The van der Waals surface area contributed by atoms with E-state index in [1.807, 2.05) is 6.92 Å². The molecule has 0 aromatic carbocycles. The van der Waals surface area contributed by atoms with Gasteiger partial charge in [-0.2, -0.15) is 0 Å². The van der Waals surface area contributed by atoms with E-state index in [1.165, 1.54) is 4.90 Å². The molecule has 1 aliphatic rings. The number of nitrogens with two attached hydrogens (primary N) is 1. The van der Waals surface area contributed by atoms with Crippen LogP contribution in [0, 0.1) is 0 Å². The van der Waals surface area contributed by atoms with E-state index < -0.39 is 9.84 Å². The predicted octanol–water partition coefficient (Wildman–Crippen LogP) is -0.488. The highest BCUT2D eigenvalue weighted by atomic mass is 32.2. The molecule has 0 spiro atoms. The van der Waals surface area contributed by atoms with Gasteiger partial charge in [0, 0.05) is 25.0 Å². The summed E-state index contributed by atoms with van der Waals surface area (Å²) < 4.78 is 22.9. The van der Waals surface area contributed by atoms with Crippen LogP contribution in [0.2, 0.25) is 0 Å². The second-order valence-corrected chi connectivity index (χ2v) is 7.35. The maximum Gasteiger partial charge on any atom is 0.224 e. The lowest BCUT2D eigenvalue weighted by Gasteiger charge is -2.28. The number of rotatable bonds is 7. The quantitative estimate of drug-likeness (QED) is 0.659. The van der Waals surface area contributed by atoms with Crippen molar-refractivity contribution in [1.29, 1.82) is 0 Å². The zero-order valence-electron chi connectivity index (χ0n) is 11.4. The monoisotopic (exact) mass is 292 g/mol. The molecule has 0 aromatic heterocycles. The fourth-order valence-corrected chi connectivity index (χ4v) is 4.18. The summed E-state index contributed by atoms with van der Waals surface area (Å²) in [6.45, 7) is 2.02. The molecule has 0 saturated carbocycles. The molecule has 19 heavy (non-hydrogen) atoms. The summed E-state index contributed by atoms with van der Waals surface area (Å²) in [4.78, 5) is 13.6. The summed E-state index contributed by atoms with van der Waals surface area (Å²) in [6.07, 6.45) is 2.34. The van der Waals surface area contributed by atoms with Crippen LogP contribution in [0.4, 0.5) is 0 Å². The van der Waals surface area contributed by atoms with Gasteiger partial charge in [0.25, 0.3) is 0 Å². The molecule has 2 unspecified atom stereocenters. The Morgan fingerprint density at radius 2 is 2.21 bits per heavy atom. The van der Waals surface area contributed by atoms with Crippen molar-refractivity contribution in [3.8, 4) is 0 Å². The van der Waals surface area contributed by atoms with Crippen LogP contribution in [-0.4, -0.2) is 61.1 Å². The van der Waals surface area contributed by atoms with Crippen LogP contribution in [0.15, 0.2) is 0 Å². The first-order valence-corrected chi connectivity index (χ1v) is 8.58. The largest absolute Gasteiger partial charge is 0.395 e. The van der Waals surface area contributed by atoms with Gasteiger partial charge in [-0.05, 0) is 12.8 Å². The molecule has 2 atom stereocenters. The highest BCUT2D eigenvalue weighted by molar-refractivity contribution is 7.91. The van der Waals surface area contributed by atoms with Crippen molar-refractivity contribution < 1.29 is 18.3 Å². The molecule has 1 aliphatic heterocycles. The number of carbonyl (C=O) groups excluding carboxylic acids is 1. The molecule has 0 aliphatic carbocycles. The van der Waals surface area contributed by atoms with E-state index in [-0.39, 0.29) is 49.1 Å². The van der Waals surface area contributed by atoms with E-state index in [9.17, 15) is 13.2 Å². The molecule has 1 amide bonds. The zero-order chi connectivity index (χ0) is 14.5. The predicted molar refractivity (Wildman–Crippen MR) is 73.4 cm³/mol. The van der Waals surface area contributed by atoms with Crippen LogP contribution < -0.4 is 5.73 Å². The van der Waals surface area contributed by atoms with E-state index >= 15 is 0 Å². The molecular weight excluding hydrogens is 268 g/mol. The number of carbonyl (C=O) groups is 1. The number of nitrogens with zero attached hydrogens (tertiary/aromatic N) is 1. The van der Waals surface area contributed by atoms with Crippen molar-refractivity contribution in [2.75, 3.05) is 24.7 Å². The van der Waals surface area contributed by atoms with Gasteiger partial charge in [0.15, 0.2) is 9.84 Å². The van der Waals surface area contributed by atoms with Crippen LogP contribution in [0.5, 0.6) is 0 Å². The summed E-state index contributed by atoms with van der Waals surface area (Å²) in [5.41, 5.74) is 5.84. The molecule has 1 heterocycles. The number of sulfone groups is 1. The van der Waals surface area contributed by atoms with E-state index in [1.54, 1.807) is 0 Å². The van der Waals surface area contributed by atoms with Gasteiger partial charge in [0.2, 0.25) is 5.91 Å². The number of aliphatic hydroxyl groups excluding tert-OH is 1. The third-order valence-electron chi connectivity index (χ3n) is 3.41. The topological polar surface area (TPSA) is 101 Å². The molecule has 7 heteroatoms. The zero-order valence-corrected chi connectivity index (χ0v) is 12.2. The Hall–Kier alpha value is -0.660. The fourth-order valence-electron chi connectivity index (χ4n) is 2.45. The van der Waals surface area contributed by atoms with Gasteiger partial charge >= 0.3 is 0 Å². The maximum atomic E-state index is 12.2. The summed E-state index contributed by atoms with van der Waals surface area (Å²) in [5.74, 6) is -0.0348. The van der Waals surface area contributed by atoms with Crippen molar-refractivity contribution in [1.82, 2.24) is 4.90 Å². The van der Waals surface area contributed by atoms with Crippen LogP contribution in [0.1, 0.15) is 32.6 Å². The number of aliphatic hydroxyl groups is 1. The van der Waals surface area contributed by atoms with E-state index in [4.69, 9.17) is 10.8 Å². The maximum absolute atomic E-state index is 12.2. The third kappa shape index (κ3) is 5.08. The van der Waals surface area contributed by atoms with E-state index in [0.717, 1.165) is 12.8 Å². The van der Waals surface area contributed by atoms with Crippen molar-refractivity contribution in [3.05, 3.63) is 0 Å². The number of hydrogen-bond donors (Lipinski definition) is 2. The van der Waals surface area contributed by atoms with Gasteiger partial charge in [0.1, 0.15) is 0 Å². The second kappa shape index (κ2) is 7.21. The van der Waals surface area contributed by atoms with E-state index in [2.05, 4.69) is 0 Å². The highest BCUT2D eigenvalue weighted by Gasteiger charge is 2.34. The third-order valence-corrected chi connectivity index (χ3v) is 5.16. The van der Waals surface area contributed by atoms with Gasteiger partial charge in [-0.25, -0.2) is 8.42 Å². The Morgan fingerprint density at radius 1 is 1.53 bits per heavy atom. The Morgan fingerprint density at radius 3 is 2.68 bits per heavy atom. The van der Waals surface area contributed by atoms with Crippen LogP contribution >= 0.6 is 0 Å². The molecular formula is C12H24N2O4S. The first-order chi connectivity index (χ1) is 8.89. The lowest BCUT2D eigenvalue weighted by molar-refractivity contribution is -0.134. The lowest BCUT2D eigenvalue weighted by Crippen LogP contribution is -2.44. The molecule has 1 fully saturated rings. The average Bonchev–Trinajstić information content (AvgIpc) is 2.66. The minimum atomic E-state index is -3.04. The standard InChI is InChI=1S/C12H24N2O4S/c1-2-3-10(13)8-12(16)14(5-6-15)11-4-7-19(17,18)9-11/h10-11,15H,2-9,13H2,1H3. The minimum absolute atomic E-state index is 0.00174. The highest BCUT2D eigenvalue weighted by Crippen LogP contribution is 2.19. The fraction of sp³-hybridized carbons (Fsp3) is 0.917. The lowest BCUT2D eigenvalue weighted by atomic mass is 10.1. The van der Waals surface area contributed by atoms with Crippen LogP contribution in [0.3, 0.4) is 0 Å². The van der Waals surface area contributed by atoms with Crippen LogP contribution in [0.25, 0.3) is 0 Å². The molecule has 6 nitrogen and oxygen atoms in total. The van der Waals surface area contributed by atoms with Gasteiger partial charge < -0.3 is 15.7 Å². The Balaban J connectivity index is 2.64. The normalized spacial score (nSPS) is 23.2. The molecule has 0 aromatic rings. The minimum Gasteiger partial charge on any atom is -0.395 e. The van der Waals surface area contributed by atoms with E-state index in [0.29, 0.717) is 6.42 Å². The van der Waals surface area contributed by atoms with Crippen LogP contribution in [-0.2, 0) is 14.6 Å². The Kier molecular flexibility index (Phi) is 6.22. The molecule has 0 radical (unpaired) electrons. The molecule has 112 valence electrons. The molecule has 1 rings (SSSR count). The SMILES string of the molecule is CCCC(N)CC(=O)N(CCO)C1CCS(=O)(=O)C1. The Labute approximate surface area is 114 Å². The van der Waals surface area contributed by atoms with Gasteiger partial charge in [-0.3, -0.25) is 4.79 Å². The molecule has 0 bridgehead atoms. The second-order valence-electron chi connectivity index (χ2n) is 5.12. The summed E-state index contributed by atoms with van der Waals surface area (Å²) in [5, 5.41) is 9.04. The van der Waals surface area contributed by atoms with Gasteiger partial charge in [-0.1, -0.05) is 13.3 Å². The average molecular weight is 292 g/mol. The summed E-state index contributed by atoms with van der Waals surface area (Å²) in [6, 6.07) is -0.504. The van der Waals surface area contributed by atoms with Gasteiger partial charge in [-0.15, -0.1) is 0 Å².